The summed E-state index contributed by atoms with van der Waals surface area (Å²) in [5.74, 6) is 1.15. The molecule has 1 aromatic rings. The highest BCUT2D eigenvalue weighted by atomic mass is 32.2. The van der Waals surface area contributed by atoms with E-state index in [1.54, 1.807) is 31.4 Å². The van der Waals surface area contributed by atoms with Gasteiger partial charge in [-0.15, -0.1) is 0 Å². The molecule has 1 aliphatic rings. The Bertz CT molecular complexity index is 477. The number of ether oxygens (including phenoxy) is 1. The monoisotopic (exact) mass is 255 g/mol. The van der Waals surface area contributed by atoms with Gasteiger partial charge in [0, 0.05) is 6.04 Å². The predicted molar refractivity (Wildman–Crippen MR) is 65.5 cm³/mol. The number of hydrogen-bond donors (Lipinski definition) is 1. The normalized spacial score (nSPS) is 17.8. The van der Waals surface area contributed by atoms with Crippen LogP contribution in [0, 0.1) is 5.92 Å². The first kappa shape index (κ1) is 12.4. The molecular formula is C12H17NO3S. The lowest BCUT2D eigenvalue weighted by atomic mass is 10.2. The van der Waals surface area contributed by atoms with Crippen LogP contribution in [0.5, 0.6) is 5.75 Å². The van der Waals surface area contributed by atoms with Gasteiger partial charge in [0.15, 0.2) is 0 Å². The van der Waals surface area contributed by atoms with Crippen molar-refractivity contribution in [2.24, 2.45) is 5.92 Å². The number of hydrogen-bond acceptors (Lipinski definition) is 3. The third-order valence-electron chi connectivity index (χ3n) is 3.04. The summed E-state index contributed by atoms with van der Waals surface area (Å²) in [5, 5.41) is 0. The van der Waals surface area contributed by atoms with Crippen LogP contribution >= 0.6 is 0 Å². The van der Waals surface area contributed by atoms with E-state index in [1.807, 2.05) is 6.92 Å². The van der Waals surface area contributed by atoms with E-state index in [2.05, 4.69) is 4.72 Å². The molecule has 1 fully saturated rings. The summed E-state index contributed by atoms with van der Waals surface area (Å²) in [6.45, 7) is 1.92. The molecule has 0 bridgehead atoms. The molecule has 17 heavy (non-hydrogen) atoms. The Hall–Kier alpha value is -1.07. The van der Waals surface area contributed by atoms with Gasteiger partial charge >= 0.3 is 0 Å². The lowest BCUT2D eigenvalue weighted by Gasteiger charge is -2.13. The van der Waals surface area contributed by atoms with Crippen molar-refractivity contribution in [1.82, 2.24) is 4.72 Å². The number of methoxy groups -OCH3 is 1. The maximum absolute atomic E-state index is 12.0. The Morgan fingerprint density at radius 3 is 2.35 bits per heavy atom. The van der Waals surface area contributed by atoms with Crippen molar-refractivity contribution in [3.63, 3.8) is 0 Å². The number of nitrogens with one attached hydrogen (secondary N) is 1. The first-order valence-electron chi connectivity index (χ1n) is 5.69. The van der Waals surface area contributed by atoms with Crippen LogP contribution in [0.1, 0.15) is 19.8 Å². The summed E-state index contributed by atoms with van der Waals surface area (Å²) in [6, 6.07) is 6.43. The summed E-state index contributed by atoms with van der Waals surface area (Å²) in [7, 11) is -1.84. The highest BCUT2D eigenvalue weighted by molar-refractivity contribution is 7.89. The van der Waals surface area contributed by atoms with Crippen LogP contribution in [0.25, 0.3) is 0 Å². The molecule has 0 aliphatic heterocycles. The molecule has 1 N–H and O–H groups in total. The smallest absolute Gasteiger partial charge is 0.240 e. The number of benzene rings is 1. The van der Waals surface area contributed by atoms with Crippen LogP contribution in [0.4, 0.5) is 0 Å². The van der Waals surface area contributed by atoms with Gasteiger partial charge in [-0.2, -0.15) is 0 Å². The van der Waals surface area contributed by atoms with Gasteiger partial charge in [0.2, 0.25) is 10.0 Å². The Labute approximate surface area is 102 Å². The van der Waals surface area contributed by atoms with E-state index in [9.17, 15) is 8.42 Å². The fourth-order valence-corrected chi connectivity index (χ4v) is 3.07. The van der Waals surface area contributed by atoms with Crippen molar-refractivity contribution >= 4 is 10.0 Å². The van der Waals surface area contributed by atoms with E-state index < -0.39 is 10.0 Å². The molecule has 1 aliphatic carbocycles. The Balaban J connectivity index is 2.12. The Kier molecular flexibility index (Phi) is 3.40. The fourth-order valence-electron chi connectivity index (χ4n) is 1.76. The summed E-state index contributed by atoms with van der Waals surface area (Å²) in [4.78, 5) is 0.283. The molecule has 0 amide bonds. The van der Waals surface area contributed by atoms with Crippen molar-refractivity contribution in [3.05, 3.63) is 24.3 Å². The first-order valence-corrected chi connectivity index (χ1v) is 7.17. The standard InChI is InChI=1S/C12H17NO3S/c1-9(10-3-4-10)13-17(14,15)12-7-5-11(16-2)6-8-12/h5-10,13H,3-4H2,1-2H3. The van der Waals surface area contributed by atoms with E-state index in [0.717, 1.165) is 12.8 Å². The maximum Gasteiger partial charge on any atom is 0.240 e. The largest absolute Gasteiger partial charge is 0.497 e. The number of rotatable bonds is 5. The van der Waals surface area contributed by atoms with Crippen LogP contribution in [0.15, 0.2) is 29.2 Å². The first-order chi connectivity index (χ1) is 8.03. The Morgan fingerprint density at radius 1 is 1.29 bits per heavy atom. The van der Waals surface area contributed by atoms with Crippen LogP contribution in [0.3, 0.4) is 0 Å². The Morgan fingerprint density at radius 2 is 1.88 bits per heavy atom. The van der Waals surface area contributed by atoms with Crippen molar-refractivity contribution in [2.75, 3.05) is 7.11 Å². The average Bonchev–Trinajstić information content (AvgIpc) is 3.12. The average molecular weight is 255 g/mol. The van der Waals surface area contributed by atoms with Gasteiger partial charge in [0.25, 0.3) is 0 Å². The van der Waals surface area contributed by atoms with Crippen LogP contribution in [-0.2, 0) is 10.0 Å². The second-order valence-corrected chi connectivity index (χ2v) is 6.14. The van der Waals surface area contributed by atoms with Crippen molar-refractivity contribution in [2.45, 2.75) is 30.7 Å². The highest BCUT2D eigenvalue weighted by Crippen LogP contribution is 2.33. The third-order valence-corrected chi connectivity index (χ3v) is 4.61. The van der Waals surface area contributed by atoms with Gasteiger partial charge in [-0.3, -0.25) is 0 Å². The molecule has 2 rings (SSSR count). The van der Waals surface area contributed by atoms with Gasteiger partial charge in [-0.25, -0.2) is 13.1 Å². The molecule has 1 saturated carbocycles. The zero-order valence-electron chi connectivity index (χ0n) is 10.0. The topological polar surface area (TPSA) is 55.4 Å². The van der Waals surface area contributed by atoms with Crippen molar-refractivity contribution in [3.8, 4) is 5.75 Å². The lowest BCUT2D eigenvalue weighted by Crippen LogP contribution is -2.33. The van der Waals surface area contributed by atoms with Gasteiger partial charge in [-0.1, -0.05) is 0 Å². The second-order valence-electron chi connectivity index (χ2n) is 4.42. The molecule has 0 radical (unpaired) electrons. The van der Waals surface area contributed by atoms with Gasteiger partial charge in [0.05, 0.1) is 12.0 Å². The maximum atomic E-state index is 12.0. The SMILES string of the molecule is COc1ccc(S(=O)(=O)NC(C)C2CC2)cc1. The molecule has 5 heteroatoms. The van der Waals surface area contributed by atoms with Crippen LogP contribution < -0.4 is 9.46 Å². The quantitative estimate of drug-likeness (QED) is 0.872. The minimum Gasteiger partial charge on any atom is -0.497 e. The van der Waals surface area contributed by atoms with Gasteiger partial charge in [-0.05, 0) is 49.9 Å². The van der Waals surface area contributed by atoms with E-state index in [1.165, 1.54) is 0 Å². The molecule has 1 unspecified atom stereocenters. The molecular weight excluding hydrogens is 238 g/mol. The molecule has 4 nitrogen and oxygen atoms in total. The zero-order chi connectivity index (χ0) is 12.5. The minimum atomic E-state index is -3.40. The van der Waals surface area contributed by atoms with Crippen molar-refractivity contribution in [1.29, 1.82) is 0 Å². The second kappa shape index (κ2) is 4.66. The molecule has 94 valence electrons. The molecule has 0 heterocycles. The predicted octanol–water partition coefficient (Wildman–Crippen LogP) is 1.77. The molecule has 1 atom stereocenters. The molecule has 1 aromatic carbocycles. The van der Waals surface area contributed by atoms with E-state index in [4.69, 9.17) is 4.74 Å². The van der Waals surface area contributed by atoms with Crippen LogP contribution in [0.2, 0.25) is 0 Å². The molecule has 0 aromatic heterocycles. The number of sulfonamides is 1. The fraction of sp³-hybridized carbons (Fsp3) is 0.500. The van der Waals surface area contributed by atoms with Crippen LogP contribution in [-0.4, -0.2) is 21.6 Å². The molecule has 0 spiro atoms. The minimum absolute atomic E-state index is 0.0158. The summed E-state index contributed by atoms with van der Waals surface area (Å²) >= 11 is 0. The molecule has 0 saturated heterocycles. The highest BCUT2D eigenvalue weighted by Gasteiger charge is 2.31. The zero-order valence-corrected chi connectivity index (χ0v) is 10.8. The summed E-state index contributed by atoms with van der Waals surface area (Å²) < 4.78 is 31.7. The summed E-state index contributed by atoms with van der Waals surface area (Å²) in [5.41, 5.74) is 0. The lowest BCUT2D eigenvalue weighted by molar-refractivity contribution is 0.414. The van der Waals surface area contributed by atoms with Crippen molar-refractivity contribution < 1.29 is 13.2 Å². The van der Waals surface area contributed by atoms with E-state index >= 15 is 0 Å². The van der Waals surface area contributed by atoms with E-state index in [-0.39, 0.29) is 10.9 Å². The van der Waals surface area contributed by atoms with E-state index in [0.29, 0.717) is 11.7 Å². The van der Waals surface area contributed by atoms with Gasteiger partial charge < -0.3 is 4.74 Å². The third kappa shape index (κ3) is 2.98. The summed E-state index contributed by atoms with van der Waals surface area (Å²) in [6.07, 6.45) is 2.23. The van der Waals surface area contributed by atoms with Gasteiger partial charge in [0.1, 0.15) is 5.75 Å².